The molecule has 220 valence electrons. The lowest BCUT2D eigenvalue weighted by Gasteiger charge is -2.26. The summed E-state index contributed by atoms with van der Waals surface area (Å²) in [4.78, 5) is 49.5. The maximum absolute atomic E-state index is 13.7. The van der Waals surface area contributed by atoms with Crippen molar-refractivity contribution < 1.29 is 33.4 Å². The fourth-order valence-corrected chi connectivity index (χ4v) is 5.30. The van der Waals surface area contributed by atoms with Crippen molar-refractivity contribution in [2.24, 2.45) is 5.92 Å². The number of carbonyl (C=O) groups is 4. The van der Waals surface area contributed by atoms with Gasteiger partial charge in [-0.1, -0.05) is 62.2 Å². The van der Waals surface area contributed by atoms with Crippen LogP contribution in [0.5, 0.6) is 0 Å². The first-order valence-corrected chi connectivity index (χ1v) is 14.9. The minimum atomic E-state index is -0.746. The van der Waals surface area contributed by atoms with E-state index in [1.54, 1.807) is 20.8 Å². The smallest absolute Gasteiger partial charge is 0.329 e. The van der Waals surface area contributed by atoms with Crippen LogP contribution in [-0.4, -0.2) is 59.7 Å². The molecule has 1 amide bonds. The maximum Gasteiger partial charge on any atom is 0.329 e. The van der Waals surface area contributed by atoms with E-state index in [1.807, 2.05) is 49.4 Å². The van der Waals surface area contributed by atoms with Gasteiger partial charge >= 0.3 is 17.9 Å². The normalized spacial score (nSPS) is 13.7. The average Bonchev–Trinajstić information content (AvgIpc) is 2.87. The second-order valence-electron chi connectivity index (χ2n) is 10.8. The fourth-order valence-electron chi connectivity index (χ4n) is 4.19. The van der Waals surface area contributed by atoms with E-state index >= 15 is 0 Å². The Balaban J connectivity index is 2.25. The Morgan fingerprint density at radius 1 is 0.950 bits per heavy atom. The van der Waals surface area contributed by atoms with Gasteiger partial charge < -0.3 is 19.5 Å². The largest absolute Gasteiger partial charge is 0.462 e. The van der Waals surface area contributed by atoms with Crippen LogP contribution in [0.3, 0.4) is 0 Å². The van der Waals surface area contributed by atoms with Gasteiger partial charge in [0.2, 0.25) is 5.91 Å². The van der Waals surface area contributed by atoms with E-state index in [2.05, 4.69) is 5.32 Å². The molecule has 1 unspecified atom stereocenters. The van der Waals surface area contributed by atoms with Crippen molar-refractivity contribution in [2.75, 3.05) is 18.1 Å². The first kappa shape index (κ1) is 33.1. The molecule has 3 atom stereocenters. The molecule has 0 spiro atoms. The van der Waals surface area contributed by atoms with Crippen molar-refractivity contribution in [3.63, 3.8) is 0 Å². The summed E-state index contributed by atoms with van der Waals surface area (Å²) in [7, 11) is 0. The zero-order chi connectivity index (χ0) is 29.7. The van der Waals surface area contributed by atoms with Crippen LogP contribution in [0, 0.1) is 5.92 Å². The minimum Gasteiger partial charge on any atom is -0.462 e. The highest BCUT2D eigenvalue weighted by Crippen LogP contribution is 2.24. The minimum absolute atomic E-state index is 0.0557. The highest BCUT2D eigenvalue weighted by Gasteiger charge is 2.29. The van der Waals surface area contributed by atoms with Gasteiger partial charge in [0.05, 0.1) is 5.92 Å². The monoisotopic (exact) mass is 573 g/mol. The van der Waals surface area contributed by atoms with E-state index in [1.165, 1.54) is 25.6 Å². The van der Waals surface area contributed by atoms with Crippen molar-refractivity contribution in [1.29, 1.82) is 0 Å². The zero-order valence-corrected chi connectivity index (χ0v) is 25.3. The number of carbonyl (C=O) groups excluding carboxylic acids is 4. The summed E-state index contributed by atoms with van der Waals surface area (Å²) in [6.07, 6.45) is 1.96. The summed E-state index contributed by atoms with van der Waals surface area (Å²) in [5, 5.41) is 5.12. The number of hydrogen-bond donors (Lipinski definition) is 1. The number of nitrogens with one attached hydrogen (secondary N) is 1. The number of thioether (sulfide) groups is 1. The lowest BCUT2D eigenvalue weighted by molar-refractivity contribution is -0.159. The van der Waals surface area contributed by atoms with Crippen LogP contribution in [0.15, 0.2) is 42.5 Å². The Hall–Kier alpha value is -3.07. The molecule has 0 saturated carbocycles. The second-order valence-corrected chi connectivity index (χ2v) is 11.9. The molecule has 8 nitrogen and oxygen atoms in total. The van der Waals surface area contributed by atoms with Crippen molar-refractivity contribution in [2.45, 2.75) is 85.0 Å². The van der Waals surface area contributed by atoms with Gasteiger partial charge in [0.15, 0.2) is 0 Å². The lowest BCUT2D eigenvalue weighted by atomic mass is 9.95. The highest BCUT2D eigenvalue weighted by molar-refractivity contribution is 7.99. The summed E-state index contributed by atoms with van der Waals surface area (Å²) in [6.45, 7) is 9.98. The number of hydrogen-bond acceptors (Lipinski definition) is 8. The molecular formula is C31H43NO7S. The van der Waals surface area contributed by atoms with Crippen LogP contribution in [0.1, 0.15) is 66.4 Å². The number of rotatable bonds is 15. The van der Waals surface area contributed by atoms with Gasteiger partial charge in [-0.05, 0) is 49.9 Å². The van der Waals surface area contributed by atoms with Crippen LogP contribution in [0.2, 0.25) is 0 Å². The molecule has 2 aromatic rings. The van der Waals surface area contributed by atoms with Crippen molar-refractivity contribution in [3.8, 4) is 0 Å². The second kappa shape index (κ2) is 16.3. The van der Waals surface area contributed by atoms with E-state index in [-0.39, 0.29) is 12.5 Å². The van der Waals surface area contributed by atoms with Gasteiger partial charge in [0.1, 0.15) is 24.4 Å². The van der Waals surface area contributed by atoms with Crippen molar-refractivity contribution in [1.82, 2.24) is 5.32 Å². The fraction of sp³-hybridized carbons (Fsp3) is 0.548. The molecule has 0 aromatic heterocycles. The third-order valence-electron chi connectivity index (χ3n) is 6.00. The summed E-state index contributed by atoms with van der Waals surface area (Å²) in [5.41, 5.74) is 0.357. The van der Waals surface area contributed by atoms with Gasteiger partial charge in [-0.15, -0.1) is 0 Å². The molecule has 0 bridgehead atoms. The predicted octanol–water partition coefficient (Wildman–Crippen LogP) is 5.24. The molecular weight excluding hydrogens is 530 g/mol. The van der Waals surface area contributed by atoms with E-state index in [0.717, 1.165) is 29.2 Å². The van der Waals surface area contributed by atoms with Gasteiger partial charge in [0.25, 0.3) is 0 Å². The van der Waals surface area contributed by atoms with Gasteiger partial charge in [-0.3, -0.25) is 14.4 Å². The number of esters is 3. The molecule has 0 heterocycles. The number of unbranched alkanes of at least 4 members (excludes halogenated alkanes) is 1. The van der Waals surface area contributed by atoms with Crippen molar-refractivity contribution in [3.05, 3.63) is 48.0 Å². The first-order chi connectivity index (χ1) is 18.9. The van der Waals surface area contributed by atoms with E-state index in [9.17, 15) is 19.2 Å². The van der Waals surface area contributed by atoms with Crippen LogP contribution in [0.4, 0.5) is 0 Å². The van der Waals surface area contributed by atoms with Crippen LogP contribution in [0.25, 0.3) is 10.8 Å². The molecule has 40 heavy (non-hydrogen) atoms. The Morgan fingerprint density at radius 2 is 1.65 bits per heavy atom. The number of ether oxygens (including phenoxy) is 3. The highest BCUT2D eigenvalue weighted by atomic mass is 32.2. The molecule has 0 fully saturated rings. The first-order valence-electron chi connectivity index (χ1n) is 13.8. The molecule has 0 aliphatic heterocycles. The summed E-state index contributed by atoms with van der Waals surface area (Å²) < 4.78 is 16.0. The molecule has 0 radical (unpaired) electrons. The average molecular weight is 574 g/mol. The lowest BCUT2D eigenvalue weighted by Crippen LogP contribution is -2.47. The van der Waals surface area contributed by atoms with Crippen LogP contribution >= 0.6 is 11.8 Å². The number of amides is 1. The van der Waals surface area contributed by atoms with Crippen LogP contribution in [-0.2, 0) is 39.8 Å². The zero-order valence-electron chi connectivity index (χ0n) is 24.5. The predicted molar refractivity (Wildman–Crippen MR) is 158 cm³/mol. The van der Waals surface area contributed by atoms with Crippen molar-refractivity contribution >= 4 is 46.3 Å². The summed E-state index contributed by atoms with van der Waals surface area (Å²) in [6, 6.07) is 13.3. The van der Waals surface area contributed by atoms with E-state index < -0.39 is 41.6 Å². The Kier molecular flexibility index (Phi) is 13.5. The molecule has 1 N–H and O–H groups in total. The molecule has 0 aliphatic carbocycles. The summed E-state index contributed by atoms with van der Waals surface area (Å²) in [5.74, 6) is -1.35. The molecule has 0 saturated heterocycles. The standard InChI is InChI=1S/C31H43NO7S/c1-7-8-16-28(30(36)39-31(4,5)6)32-29(35)25(17-24-14-11-13-23-12-9-10-15-27(23)24)19-40-20-26(38-22(3)34)18-37-21(2)33/h9-15,25-26,28H,7-8,16-20H2,1-6H3,(H,32,35)/t25-,26?,28+/m1/s1. The third kappa shape index (κ3) is 12.0. The number of fused-ring (bicyclic) bond motifs is 1. The Morgan fingerprint density at radius 3 is 2.30 bits per heavy atom. The van der Waals surface area contributed by atoms with E-state index in [0.29, 0.717) is 24.3 Å². The number of benzene rings is 2. The summed E-state index contributed by atoms with van der Waals surface area (Å²) >= 11 is 1.43. The van der Waals surface area contributed by atoms with Crippen LogP contribution < -0.4 is 5.32 Å². The maximum atomic E-state index is 13.7. The third-order valence-corrected chi connectivity index (χ3v) is 7.24. The Bertz CT molecular complexity index is 1140. The van der Waals surface area contributed by atoms with Gasteiger partial charge in [-0.25, -0.2) is 4.79 Å². The SMILES string of the molecule is CCCC[C@H](NC(=O)[C@@H](CSCC(COC(C)=O)OC(C)=O)Cc1cccc2ccccc12)C(=O)OC(C)(C)C. The van der Waals surface area contributed by atoms with Gasteiger partial charge in [0, 0.05) is 25.4 Å². The molecule has 0 aliphatic rings. The molecule has 2 aromatic carbocycles. The van der Waals surface area contributed by atoms with Gasteiger partial charge in [-0.2, -0.15) is 11.8 Å². The van der Waals surface area contributed by atoms with E-state index in [4.69, 9.17) is 14.2 Å². The quantitative estimate of drug-likeness (QED) is 0.228. The molecule has 9 heteroatoms. The molecule has 2 rings (SSSR count). The topological polar surface area (TPSA) is 108 Å². The Labute approximate surface area is 241 Å².